The summed E-state index contributed by atoms with van der Waals surface area (Å²) < 4.78 is 13.3. The van der Waals surface area contributed by atoms with E-state index in [4.69, 9.17) is 4.99 Å². The lowest BCUT2D eigenvalue weighted by atomic mass is 9.69. The number of rotatable bonds is 4. The molecule has 2 aromatic carbocycles. The van der Waals surface area contributed by atoms with Gasteiger partial charge in [-0.25, -0.2) is 4.39 Å². The van der Waals surface area contributed by atoms with E-state index < -0.39 is 11.8 Å². The SMILES string of the molecule is CC1=NC2=C(C(=O)C[C@@H](c3ccccc3)C2)[C@@H](c2ccncc2)C1C(=O)Nc1ccc(F)cc1. The maximum Gasteiger partial charge on any atom is 0.234 e. The van der Waals surface area contributed by atoms with Crippen LogP contribution in [0.2, 0.25) is 0 Å². The number of hydrogen-bond donors (Lipinski definition) is 1. The van der Waals surface area contributed by atoms with Gasteiger partial charge in [0.2, 0.25) is 5.91 Å². The smallest absolute Gasteiger partial charge is 0.234 e. The summed E-state index contributed by atoms with van der Waals surface area (Å²) in [7, 11) is 0. The zero-order valence-electron chi connectivity index (χ0n) is 18.7. The van der Waals surface area contributed by atoms with Crippen molar-refractivity contribution in [3.05, 3.63) is 107 Å². The summed E-state index contributed by atoms with van der Waals surface area (Å²) in [6.45, 7) is 1.84. The summed E-state index contributed by atoms with van der Waals surface area (Å²) in [5.74, 6) is -1.69. The van der Waals surface area contributed by atoms with E-state index in [0.717, 1.165) is 16.8 Å². The Morgan fingerprint density at radius 2 is 1.65 bits per heavy atom. The van der Waals surface area contributed by atoms with E-state index in [2.05, 4.69) is 10.3 Å². The molecular formula is C28H24FN3O2. The Morgan fingerprint density at radius 1 is 0.941 bits per heavy atom. The van der Waals surface area contributed by atoms with Crippen molar-refractivity contribution in [3.8, 4) is 0 Å². The zero-order chi connectivity index (χ0) is 23.7. The molecule has 0 radical (unpaired) electrons. The third kappa shape index (κ3) is 4.19. The molecule has 1 N–H and O–H groups in total. The van der Waals surface area contributed by atoms with Crippen molar-refractivity contribution in [1.82, 2.24) is 4.98 Å². The number of anilines is 1. The second-order valence-electron chi connectivity index (χ2n) is 8.78. The number of Topliss-reactive ketones (excluding diaryl/α,β-unsaturated/α-hetero) is 1. The van der Waals surface area contributed by atoms with Crippen molar-refractivity contribution < 1.29 is 14.0 Å². The van der Waals surface area contributed by atoms with E-state index in [1.165, 1.54) is 24.3 Å². The van der Waals surface area contributed by atoms with Gasteiger partial charge in [0.25, 0.3) is 0 Å². The lowest BCUT2D eigenvalue weighted by Gasteiger charge is -2.37. The molecular weight excluding hydrogens is 429 g/mol. The third-order valence-corrected chi connectivity index (χ3v) is 6.62. The molecule has 1 unspecified atom stereocenters. The number of nitrogens with one attached hydrogen (secondary N) is 1. The Bertz CT molecular complexity index is 1280. The van der Waals surface area contributed by atoms with Gasteiger partial charge in [0.15, 0.2) is 5.78 Å². The summed E-state index contributed by atoms with van der Waals surface area (Å²) in [6, 6.07) is 19.3. The van der Waals surface area contributed by atoms with Crippen molar-refractivity contribution >= 4 is 23.1 Å². The summed E-state index contributed by atoms with van der Waals surface area (Å²) in [5, 5.41) is 2.88. The number of aliphatic imine (C=N–C) groups is 1. The Labute approximate surface area is 197 Å². The normalized spacial score (nSPS) is 22.1. The average Bonchev–Trinajstić information content (AvgIpc) is 2.85. The minimum atomic E-state index is -0.663. The summed E-state index contributed by atoms with van der Waals surface area (Å²) in [6.07, 6.45) is 4.37. The van der Waals surface area contributed by atoms with Crippen LogP contribution in [0, 0.1) is 11.7 Å². The van der Waals surface area contributed by atoms with Gasteiger partial charge in [0, 0.05) is 47.4 Å². The summed E-state index contributed by atoms with van der Waals surface area (Å²) in [5.41, 5.74) is 4.49. The molecule has 3 aromatic rings. The van der Waals surface area contributed by atoms with Gasteiger partial charge in [-0.1, -0.05) is 30.3 Å². The van der Waals surface area contributed by atoms with E-state index in [-0.39, 0.29) is 23.4 Å². The van der Waals surface area contributed by atoms with Crippen molar-refractivity contribution in [3.63, 3.8) is 0 Å². The molecule has 1 aliphatic heterocycles. The van der Waals surface area contributed by atoms with E-state index in [1.54, 1.807) is 12.4 Å². The number of pyridine rings is 1. The molecule has 2 aliphatic rings. The molecule has 0 saturated carbocycles. The number of hydrogen-bond acceptors (Lipinski definition) is 4. The molecule has 1 amide bonds. The molecule has 0 fully saturated rings. The fraction of sp³-hybridized carbons (Fsp3) is 0.214. The first-order chi connectivity index (χ1) is 16.5. The van der Waals surface area contributed by atoms with Crippen LogP contribution in [-0.2, 0) is 9.59 Å². The quantitative estimate of drug-likeness (QED) is 0.572. The fourth-order valence-electron chi connectivity index (χ4n) is 5.04. The van der Waals surface area contributed by atoms with Crippen LogP contribution in [-0.4, -0.2) is 22.4 Å². The van der Waals surface area contributed by atoms with Crippen LogP contribution in [0.1, 0.15) is 42.7 Å². The number of nitrogens with zero attached hydrogens (tertiary/aromatic N) is 2. The lowest BCUT2D eigenvalue weighted by Crippen LogP contribution is -2.39. The monoisotopic (exact) mass is 453 g/mol. The second kappa shape index (κ2) is 9.14. The number of carbonyl (C=O) groups excluding carboxylic acids is 2. The molecule has 2 heterocycles. The number of ketones is 1. The molecule has 5 rings (SSSR count). The minimum absolute atomic E-state index is 0.0211. The van der Waals surface area contributed by atoms with Gasteiger partial charge in [-0.05, 0) is 66.8 Å². The molecule has 170 valence electrons. The van der Waals surface area contributed by atoms with E-state index >= 15 is 0 Å². The molecule has 0 saturated heterocycles. The highest BCUT2D eigenvalue weighted by molar-refractivity contribution is 6.13. The van der Waals surface area contributed by atoms with Crippen LogP contribution >= 0.6 is 0 Å². The number of benzene rings is 2. The Morgan fingerprint density at radius 3 is 2.35 bits per heavy atom. The van der Waals surface area contributed by atoms with Gasteiger partial charge in [0.1, 0.15) is 5.82 Å². The lowest BCUT2D eigenvalue weighted by molar-refractivity contribution is -0.119. The van der Waals surface area contributed by atoms with Crippen molar-refractivity contribution in [1.29, 1.82) is 0 Å². The molecule has 0 spiro atoms. The molecule has 1 aliphatic carbocycles. The molecule has 1 aromatic heterocycles. The van der Waals surface area contributed by atoms with E-state index in [9.17, 15) is 14.0 Å². The number of halogens is 1. The van der Waals surface area contributed by atoms with Crippen LogP contribution in [0.25, 0.3) is 0 Å². The minimum Gasteiger partial charge on any atom is -0.325 e. The van der Waals surface area contributed by atoms with Crippen LogP contribution in [0.3, 0.4) is 0 Å². The largest absolute Gasteiger partial charge is 0.325 e. The van der Waals surface area contributed by atoms with Gasteiger partial charge in [0.05, 0.1) is 5.92 Å². The number of carbonyl (C=O) groups is 2. The standard InChI is InChI=1S/C28H24FN3O2/c1-17-25(28(34)32-22-9-7-21(29)8-10-22)26(19-11-13-30-14-12-19)27-23(31-17)15-20(16-24(27)33)18-5-3-2-4-6-18/h2-14,20,25-26H,15-16H2,1H3,(H,32,34)/t20-,25?,26-/m0/s1. The van der Waals surface area contributed by atoms with Crippen molar-refractivity contribution in [2.24, 2.45) is 10.9 Å². The number of aromatic nitrogens is 1. The highest BCUT2D eigenvalue weighted by Gasteiger charge is 2.44. The maximum absolute atomic E-state index is 13.6. The summed E-state index contributed by atoms with van der Waals surface area (Å²) >= 11 is 0. The average molecular weight is 454 g/mol. The second-order valence-corrected chi connectivity index (χ2v) is 8.78. The van der Waals surface area contributed by atoms with Gasteiger partial charge in [-0.3, -0.25) is 19.6 Å². The van der Waals surface area contributed by atoms with E-state index in [0.29, 0.717) is 29.8 Å². The zero-order valence-corrected chi connectivity index (χ0v) is 18.7. The Hall–Kier alpha value is -3.93. The molecule has 0 bridgehead atoms. The fourth-order valence-corrected chi connectivity index (χ4v) is 5.04. The van der Waals surface area contributed by atoms with E-state index in [1.807, 2.05) is 49.4 Å². The molecule has 3 atom stereocenters. The van der Waals surface area contributed by atoms with Gasteiger partial charge in [-0.15, -0.1) is 0 Å². The first kappa shape index (κ1) is 21.9. The summed E-state index contributed by atoms with van der Waals surface area (Å²) in [4.78, 5) is 35.9. The van der Waals surface area contributed by atoms with Crippen molar-refractivity contribution in [2.75, 3.05) is 5.32 Å². The maximum atomic E-state index is 13.6. The van der Waals surface area contributed by atoms with Gasteiger partial charge in [-0.2, -0.15) is 0 Å². The predicted molar refractivity (Wildman–Crippen MR) is 129 cm³/mol. The highest BCUT2D eigenvalue weighted by atomic mass is 19.1. The van der Waals surface area contributed by atoms with Crippen LogP contribution in [0.15, 0.2) is 95.4 Å². The van der Waals surface area contributed by atoms with Gasteiger partial charge < -0.3 is 5.32 Å². The molecule has 34 heavy (non-hydrogen) atoms. The first-order valence-electron chi connectivity index (χ1n) is 11.3. The predicted octanol–water partition coefficient (Wildman–Crippen LogP) is 5.43. The van der Waals surface area contributed by atoms with Crippen LogP contribution < -0.4 is 5.32 Å². The third-order valence-electron chi connectivity index (χ3n) is 6.62. The molecule has 5 nitrogen and oxygen atoms in total. The first-order valence-corrected chi connectivity index (χ1v) is 11.3. The topological polar surface area (TPSA) is 71.4 Å². The Kier molecular flexibility index (Phi) is 5.88. The van der Waals surface area contributed by atoms with Crippen molar-refractivity contribution in [2.45, 2.75) is 31.6 Å². The number of amides is 1. The highest BCUT2D eigenvalue weighted by Crippen LogP contribution is 2.46. The number of allylic oxidation sites excluding steroid dienone is 2. The van der Waals surface area contributed by atoms with Crippen LogP contribution in [0.4, 0.5) is 10.1 Å². The Balaban J connectivity index is 1.54. The molecule has 6 heteroatoms. The van der Waals surface area contributed by atoms with Gasteiger partial charge >= 0.3 is 0 Å². The van der Waals surface area contributed by atoms with Crippen LogP contribution in [0.5, 0.6) is 0 Å².